The van der Waals surface area contributed by atoms with Crippen LogP contribution in [0.1, 0.15) is 43.7 Å². The van der Waals surface area contributed by atoms with Gasteiger partial charge in [0.25, 0.3) is 0 Å². The van der Waals surface area contributed by atoms with Gasteiger partial charge in [0, 0.05) is 31.3 Å². The van der Waals surface area contributed by atoms with Crippen molar-refractivity contribution in [1.29, 1.82) is 0 Å². The first-order valence-electron chi connectivity index (χ1n) is 11.4. The number of fused-ring (bicyclic) bond motifs is 5. The Bertz CT molecular complexity index is 1430. The Morgan fingerprint density at radius 1 is 0.781 bits per heavy atom. The van der Waals surface area contributed by atoms with Gasteiger partial charge in [-0.3, -0.25) is 0 Å². The molecule has 32 heavy (non-hydrogen) atoms. The van der Waals surface area contributed by atoms with Crippen molar-refractivity contribution in [3.63, 3.8) is 0 Å². The summed E-state index contributed by atoms with van der Waals surface area (Å²) in [4.78, 5) is 0. The molecule has 4 aromatic carbocycles. The van der Waals surface area contributed by atoms with Crippen LogP contribution in [0.4, 0.5) is 0 Å². The summed E-state index contributed by atoms with van der Waals surface area (Å²) in [6.07, 6.45) is 4.87. The van der Waals surface area contributed by atoms with Crippen molar-refractivity contribution in [2.75, 3.05) is 6.61 Å². The van der Waals surface area contributed by atoms with Crippen molar-refractivity contribution in [3.8, 4) is 17.6 Å². The van der Waals surface area contributed by atoms with Crippen molar-refractivity contribution in [2.45, 2.75) is 32.6 Å². The van der Waals surface area contributed by atoms with E-state index >= 15 is 0 Å². The van der Waals surface area contributed by atoms with Crippen LogP contribution in [-0.2, 0) is 0 Å². The largest absolute Gasteiger partial charge is 0.494 e. The second kappa shape index (κ2) is 9.47. The lowest BCUT2D eigenvalue weighted by atomic mass is 10.0. The SMILES string of the molecule is CCCCCCOc1ccc(C#Cc2cc3ccccc3c3sc4ccccc4c23)cc1. The van der Waals surface area contributed by atoms with Crippen LogP contribution in [0.3, 0.4) is 0 Å². The molecule has 1 aromatic heterocycles. The molecule has 0 saturated carbocycles. The lowest BCUT2D eigenvalue weighted by Crippen LogP contribution is -1.96. The fourth-order valence-electron chi connectivity index (χ4n) is 4.15. The molecule has 0 amide bonds. The third-order valence-corrected chi connectivity index (χ3v) is 7.04. The van der Waals surface area contributed by atoms with E-state index in [2.05, 4.69) is 85.5 Å². The monoisotopic (exact) mass is 434 g/mol. The zero-order valence-electron chi connectivity index (χ0n) is 18.4. The number of hydrogen-bond acceptors (Lipinski definition) is 2. The van der Waals surface area contributed by atoms with E-state index in [9.17, 15) is 0 Å². The second-order valence-corrected chi connectivity index (χ2v) is 9.18. The Kier molecular flexibility index (Phi) is 6.10. The van der Waals surface area contributed by atoms with Crippen LogP contribution in [0.5, 0.6) is 5.75 Å². The van der Waals surface area contributed by atoms with Crippen LogP contribution in [0.2, 0.25) is 0 Å². The third-order valence-electron chi connectivity index (χ3n) is 5.83. The Morgan fingerprint density at radius 2 is 1.56 bits per heavy atom. The summed E-state index contributed by atoms with van der Waals surface area (Å²) in [5, 5.41) is 5.09. The second-order valence-electron chi connectivity index (χ2n) is 8.13. The van der Waals surface area contributed by atoms with Crippen molar-refractivity contribution in [2.24, 2.45) is 0 Å². The fraction of sp³-hybridized carbons (Fsp3) is 0.200. The number of rotatable bonds is 6. The molecule has 0 unspecified atom stereocenters. The Labute approximate surface area is 193 Å². The molecule has 0 N–H and O–H groups in total. The van der Waals surface area contributed by atoms with Crippen LogP contribution < -0.4 is 4.74 Å². The first-order chi connectivity index (χ1) is 15.8. The smallest absolute Gasteiger partial charge is 0.119 e. The minimum Gasteiger partial charge on any atom is -0.494 e. The Balaban J connectivity index is 1.47. The maximum absolute atomic E-state index is 5.87. The van der Waals surface area contributed by atoms with Crippen molar-refractivity contribution in [1.82, 2.24) is 0 Å². The lowest BCUT2D eigenvalue weighted by Gasteiger charge is -2.05. The molecule has 0 bridgehead atoms. The van der Waals surface area contributed by atoms with Gasteiger partial charge in [-0.15, -0.1) is 11.3 Å². The molecule has 0 spiro atoms. The highest BCUT2D eigenvalue weighted by Gasteiger charge is 2.12. The minimum absolute atomic E-state index is 0.783. The van der Waals surface area contributed by atoms with Crippen molar-refractivity contribution in [3.05, 3.63) is 90.0 Å². The number of unbranched alkanes of at least 4 members (excludes halogenated alkanes) is 3. The van der Waals surface area contributed by atoms with Gasteiger partial charge < -0.3 is 4.74 Å². The molecule has 0 aliphatic rings. The molecule has 158 valence electrons. The van der Waals surface area contributed by atoms with E-state index in [0.717, 1.165) is 29.9 Å². The first kappa shape index (κ1) is 20.6. The van der Waals surface area contributed by atoms with Crippen LogP contribution in [-0.4, -0.2) is 6.61 Å². The van der Waals surface area contributed by atoms with Crippen LogP contribution in [0.15, 0.2) is 78.9 Å². The number of ether oxygens (including phenoxy) is 1. The summed E-state index contributed by atoms with van der Waals surface area (Å²) in [5.74, 6) is 7.78. The van der Waals surface area contributed by atoms with Gasteiger partial charge in [0.05, 0.1) is 6.61 Å². The topological polar surface area (TPSA) is 9.23 Å². The molecule has 0 fully saturated rings. The molecule has 5 rings (SSSR count). The number of hydrogen-bond donors (Lipinski definition) is 0. The highest BCUT2D eigenvalue weighted by molar-refractivity contribution is 7.26. The van der Waals surface area contributed by atoms with E-state index < -0.39 is 0 Å². The molecule has 0 aliphatic carbocycles. The predicted octanol–water partition coefficient (Wildman–Crippen LogP) is 8.57. The normalized spacial score (nSPS) is 11.0. The summed E-state index contributed by atoms with van der Waals surface area (Å²) < 4.78 is 8.49. The van der Waals surface area contributed by atoms with E-state index in [4.69, 9.17) is 4.74 Å². The van der Waals surface area contributed by atoms with Crippen LogP contribution in [0, 0.1) is 11.8 Å². The van der Waals surface area contributed by atoms with Gasteiger partial charge in [0.2, 0.25) is 0 Å². The van der Waals surface area contributed by atoms with Gasteiger partial charge >= 0.3 is 0 Å². The Morgan fingerprint density at radius 3 is 2.41 bits per heavy atom. The van der Waals surface area contributed by atoms with Gasteiger partial charge in [-0.05, 0) is 53.6 Å². The zero-order valence-corrected chi connectivity index (χ0v) is 19.2. The van der Waals surface area contributed by atoms with Crippen molar-refractivity contribution >= 4 is 42.3 Å². The summed E-state index contributed by atoms with van der Waals surface area (Å²) in [6, 6.07) is 27.6. The summed E-state index contributed by atoms with van der Waals surface area (Å²) >= 11 is 1.86. The third kappa shape index (κ3) is 4.22. The van der Waals surface area contributed by atoms with Gasteiger partial charge in [-0.1, -0.05) is 80.5 Å². The molecule has 2 heteroatoms. The van der Waals surface area contributed by atoms with E-state index in [-0.39, 0.29) is 0 Å². The molecule has 0 atom stereocenters. The summed E-state index contributed by atoms with van der Waals surface area (Å²) in [5.41, 5.74) is 2.09. The highest BCUT2D eigenvalue weighted by atomic mass is 32.1. The standard InChI is InChI=1S/C30H26OS/c1-2-3-4-9-20-31-25-18-15-22(16-19-25)14-17-24-21-23-10-5-6-11-26(23)30-29(24)27-12-7-8-13-28(27)32-30/h5-8,10-13,15-16,18-19,21H,2-4,9,20H2,1H3. The van der Waals surface area contributed by atoms with Gasteiger partial charge in [0.1, 0.15) is 5.75 Å². The number of thiophene rings is 1. The number of benzene rings is 4. The first-order valence-corrected chi connectivity index (χ1v) is 12.2. The van der Waals surface area contributed by atoms with Crippen molar-refractivity contribution < 1.29 is 4.74 Å². The molecule has 1 heterocycles. The molecular weight excluding hydrogens is 408 g/mol. The molecule has 0 aliphatic heterocycles. The highest BCUT2D eigenvalue weighted by Crippen LogP contribution is 2.40. The van der Waals surface area contributed by atoms with Gasteiger partial charge in [-0.2, -0.15) is 0 Å². The Hall–Kier alpha value is -3.28. The van der Waals surface area contributed by atoms with E-state index in [1.165, 1.54) is 50.2 Å². The fourth-order valence-corrected chi connectivity index (χ4v) is 5.42. The summed E-state index contributed by atoms with van der Waals surface area (Å²) in [6.45, 7) is 3.01. The lowest BCUT2D eigenvalue weighted by molar-refractivity contribution is 0.305. The van der Waals surface area contributed by atoms with Crippen LogP contribution >= 0.6 is 11.3 Å². The average Bonchev–Trinajstić information content (AvgIpc) is 3.23. The minimum atomic E-state index is 0.783. The van der Waals surface area contributed by atoms with E-state index in [0.29, 0.717) is 0 Å². The molecule has 0 saturated heterocycles. The maximum Gasteiger partial charge on any atom is 0.119 e. The van der Waals surface area contributed by atoms with Crippen LogP contribution in [0.25, 0.3) is 30.9 Å². The summed E-state index contributed by atoms with van der Waals surface area (Å²) in [7, 11) is 0. The molecular formula is C30H26OS. The maximum atomic E-state index is 5.87. The van der Waals surface area contributed by atoms with E-state index in [1.807, 2.05) is 23.5 Å². The molecule has 1 nitrogen and oxygen atoms in total. The molecule has 0 radical (unpaired) electrons. The van der Waals surface area contributed by atoms with E-state index in [1.54, 1.807) is 0 Å². The van der Waals surface area contributed by atoms with Gasteiger partial charge in [0.15, 0.2) is 0 Å². The molecule has 5 aromatic rings. The quantitative estimate of drug-likeness (QED) is 0.192. The zero-order chi connectivity index (χ0) is 21.8. The van der Waals surface area contributed by atoms with Gasteiger partial charge in [-0.25, -0.2) is 0 Å². The average molecular weight is 435 g/mol. The predicted molar refractivity (Wildman–Crippen MR) is 139 cm³/mol.